The fourth-order valence-electron chi connectivity index (χ4n) is 1.54. The van der Waals surface area contributed by atoms with Crippen LogP contribution in [-0.4, -0.2) is 26.5 Å². The number of anilines is 2. The van der Waals surface area contributed by atoms with E-state index in [1.165, 1.54) is 6.07 Å². The molecule has 0 unspecified atom stereocenters. The number of carboxylic acids is 1. The fraction of sp³-hybridized carbons (Fsp3) is 0.167. The van der Waals surface area contributed by atoms with Gasteiger partial charge in [0.2, 0.25) is 5.13 Å². The van der Waals surface area contributed by atoms with E-state index in [9.17, 15) is 9.59 Å². The Hall–Kier alpha value is -2.48. The summed E-state index contributed by atoms with van der Waals surface area (Å²) >= 11 is 1.07. The minimum Gasteiger partial charge on any atom is -0.478 e. The van der Waals surface area contributed by atoms with Crippen molar-refractivity contribution in [2.24, 2.45) is 0 Å². The number of nitrogens with one attached hydrogen (secondary N) is 2. The van der Waals surface area contributed by atoms with Crippen LogP contribution in [-0.2, 0) is 0 Å². The standard InChI is InChI=1S/C12H12N4O3S/c1-6-3-4-8(5-9(6)10(17)18)14-11(19)15-12-13-7(2)16-20-12/h3-5H,1-2H3,(H,17,18)(H2,13,14,15,16,19). The number of aromatic nitrogens is 2. The van der Waals surface area contributed by atoms with Gasteiger partial charge in [0.05, 0.1) is 5.56 Å². The van der Waals surface area contributed by atoms with Gasteiger partial charge in [-0.25, -0.2) is 14.6 Å². The molecule has 104 valence electrons. The maximum absolute atomic E-state index is 11.7. The van der Waals surface area contributed by atoms with Gasteiger partial charge in [-0.1, -0.05) is 6.07 Å². The van der Waals surface area contributed by atoms with Crippen molar-refractivity contribution in [3.05, 3.63) is 35.2 Å². The number of nitrogens with zero attached hydrogens (tertiary/aromatic N) is 2. The lowest BCUT2D eigenvalue weighted by molar-refractivity contribution is 0.0696. The van der Waals surface area contributed by atoms with E-state index >= 15 is 0 Å². The molecule has 1 aromatic heterocycles. The number of carbonyl (C=O) groups is 2. The minimum atomic E-state index is -1.04. The zero-order valence-electron chi connectivity index (χ0n) is 10.8. The Kier molecular flexibility index (Phi) is 3.94. The van der Waals surface area contributed by atoms with Gasteiger partial charge in [-0.15, -0.1) is 0 Å². The van der Waals surface area contributed by atoms with Crippen LogP contribution in [0.1, 0.15) is 21.7 Å². The van der Waals surface area contributed by atoms with Crippen molar-refractivity contribution >= 4 is 34.4 Å². The van der Waals surface area contributed by atoms with Gasteiger partial charge in [0.15, 0.2) is 0 Å². The van der Waals surface area contributed by atoms with Crippen molar-refractivity contribution in [3.8, 4) is 0 Å². The second kappa shape index (κ2) is 5.66. The number of benzene rings is 1. The SMILES string of the molecule is Cc1nsc(NC(=O)Nc2ccc(C)c(C(=O)O)c2)n1. The molecule has 0 aliphatic carbocycles. The molecular weight excluding hydrogens is 280 g/mol. The van der Waals surface area contributed by atoms with Gasteiger partial charge >= 0.3 is 12.0 Å². The molecule has 20 heavy (non-hydrogen) atoms. The van der Waals surface area contributed by atoms with Crippen LogP contribution in [0.15, 0.2) is 18.2 Å². The molecule has 2 amide bonds. The number of hydrogen-bond donors (Lipinski definition) is 3. The second-order valence-electron chi connectivity index (χ2n) is 4.06. The molecule has 2 aromatic rings. The Morgan fingerprint density at radius 1 is 1.25 bits per heavy atom. The number of rotatable bonds is 3. The van der Waals surface area contributed by atoms with Crippen LogP contribution in [0.2, 0.25) is 0 Å². The molecule has 1 aromatic carbocycles. The third-order valence-corrected chi connectivity index (χ3v) is 3.20. The summed E-state index contributed by atoms with van der Waals surface area (Å²) in [5.41, 5.74) is 1.17. The number of aryl methyl sites for hydroxylation is 2. The number of aromatic carboxylic acids is 1. The predicted molar refractivity (Wildman–Crippen MR) is 75.4 cm³/mol. The van der Waals surface area contributed by atoms with E-state index in [0.29, 0.717) is 22.2 Å². The summed E-state index contributed by atoms with van der Waals surface area (Å²) in [4.78, 5) is 26.7. The summed E-state index contributed by atoms with van der Waals surface area (Å²) in [7, 11) is 0. The highest BCUT2D eigenvalue weighted by Gasteiger charge is 2.10. The molecule has 0 spiro atoms. The zero-order valence-corrected chi connectivity index (χ0v) is 11.6. The lowest BCUT2D eigenvalue weighted by atomic mass is 10.1. The van der Waals surface area contributed by atoms with Gasteiger partial charge in [-0.2, -0.15) is 4.37 Å². The number of amides is 2. The van der Waals surface area contributed by atoms with E-state index in [-0.39, 0.29) is 5.56 Å². The molecule has 1 heterocycles. The van der Waals surface area contributed by atoms with Crippen LogP contribution in [0.4, 0.5) is 15.6 Å². The number of hydrogen-bond acceptors (Lipinski definition) is 5. The first-order chi connectivity index (χ1) is 9.45. The summed E-state index contributed by atoms with van der Waals surface area (Å²) in [5, 5.41) is 14.5. The molecule has 0 radical (unpaired) electrons. The highest BCUT2D eigenvalue weighted by molar-refractivity contribution is 7.09. The highest BCUT2D eigenvalue weighted by Crippen LogP contribution is 2.16. The quantitative estimate of drug-likeness (QED) is 0.806. The molecule has 0 bridgehead atoms. The minimum absolute atomic E-state index is 0.148. The summed E-state index contributed by atoms with van der Waals surface area (Å²) in [5.74, 6) is -0.458. The molecule has 3 N–H and O–H groups in total. The van der Waals surface area contributed by atoms with Gasteiger partial charge in [0, 0.05) is 17.2 Å². The van der Waals surface area contributed by atoms with E-state index in [0.717, 1.165) is 11.5 Å². The molecule has 8 heteroatoms. The molecule has 0 fully saturated rings. The predicted octanol–water partition coefficient (Wildman–Crippen LogP) is 2.50. The van der Waals surface area contributed by atoms with Crippen LogP contribution >= 0.6 is 11.5 Å². The number of carboxylic acid groups (broad SMARTS) is 1. The van der Waals surface area contributed by atoms with Crippen molar-refractivity contribution in [1.29, 1.82) is 0 Å². The average Bonchev–Trinajstić information content (AvgIpc) is 2.76. The Bertz CT molecular complexity index is 668. The zero-order chi connectivity index (χ0) is 14.7. The Morgan fingerprint density at radius 2 is 2.00 bits per heavy atom. The second-order valence-corrected chi connectivity index (χ2v) is 4.81. The Balaban J connectivity index is 2.08. The lowest BCUT2D eigenvalue weighted by Crippen LogP contribution is -2.19. The average molecular weight is 292 g/mol. The van der Waals surface area contributed by atoms with Gasteiger partial charge in [0.25, 0.3) is 0 Å². The Morgan fingerprint density at radius 3 is 2.60 bits per heavy atom. The van der Waals surface area contributed by atoms with Crippen molar-refractivity contribution in [2.45, 2.75) is 13.8 Å². The monoisotopic (exact) mass is 292 g/mol. The van der Waals surface area contributed by atoms with Crippen LogP contribution < -0.4 is 10.6 Å². The smallest absolute Gasteiger partial charge is 0.336 e. The van der Waals surface area contributed by atoms with E-state index < -0.39 is 12.0 Å². The molecular formula is C12H12N4O3S. The fourth-order valence-corrected chi connectivity index (χ4v) is 2.11. The van der Waals surface area contributed by atoms with Crippen LogP contribution in [0.3, 0.4) is 0 Å². The van der Waals surface area contributed by atoms with Crippen LogP contribution in [0.25, 0.3) is 0 Å². The van der Waals surface area contributed by atoms with Crippen molar-refractivity contribution < 1.29 is 14.7 Å². The first kappa shape index (κ1) is 13.9. The van der Waals surface area contributed by atoms with Crippen molar-refractivity contribution in [3.63, 3.8) is 0 Å². The first-order valence-electron chi connectivity index (χ1n) is 5.68. The van der Waals surface area contributed by atoms with Gasteiger partial charge < -0.3 is 10.4 Å². The largest absolute Gasteiger partial charge is 0.478 e. The highest BCUT2D eigenvalue weighted by atomic mass is 32.1. The first-order valence-corrected chi connectivity index (χ1v) is 6.45. The molecule has 2 rings (SSSR count). The molecule has 7 nitrogen and oxygen atoms in total. The molecule has 0 aliphatic heterocycles. The maximum atomic E-state index is 11.7. The third kappa shape index (κ3) is 3.29. The van der Waals surface area contributed by atoms with Crippen molar-refractivity contribution in [1.82, 2.24) is 9.36 Å². The van der Waals surface area contributed by atoms with Crippen LogP contribution in [0, 0.1) is 13.8 Å². The Labute approximate surface area is 118 Å². The topological polar surface area (TPSA) is 104 Å². The summed E-state index contributed by atoms with van der Waals surface area (Å²) in [6.45, 7) is 3.41. The number of carbonyl (C=O) groups excluding carboxylic acids is 1. The van der Waals surface area contributed by atoms with Crippen LogP contribution in [0.5, 0.6) is 0 Å². The maximum Gasteiger partial charge on any atom is 0.336 e. The lowest BCUT2D eigenvalue weighted by Gasteiger charge is -2.07. The van der Waals surface area contributed by atoms with Gasteiger partial charge in [-0.05, 0) is 31.5 Å². The van der Waals surface area contributed by atoms with Gasteiger partial charge in [0.1, 0.15) is 5.82 Å². The van der Waals surface area contributed by atoms with Crippen molar-refractivity contribution in [2.75, 3.05) is 10.6 Å². The van der Waals surface area contributed by atoms with E-state index in [2.05, 4.69) is 20.0 Å². The third-order valence-electron chi connectivity index (χ3n) is 2.47. The molecule has 0 saturated carbocycles. The van der Waals surface area contributed by atoms with E-state index in [4.69, 9.17) is 5.11 Å². The molecule has 0 saturated heterocycles. The van der Waals surface area contributed by atoms with E-state index in [1.54, 1.807) is 26.0 Å². The summed E-state index contributed by atoms with van der Waals surface area (Å²) < 4.78 is 3.94. The summed E-state index contributed by atoms with van der Waals surface area (Å²) in [6, 6.07) is 4.17. The van der Waals surface area contributed by atoms with E-state index in [1.807, 2.05) is 0 Å². The summed E-state index contributed by atoms with van der Waals surface area (Å²) in [6.07, 6.45) is 0. The van der Waals surface area contributed by atoms with Gasteiger partial charge in [-0.3, -0.25) is 5.32 Å². The normalized spacial score (nSPS) is 10.1. The number of urea groups is 1. The molecule has 0 atom stereocenters. The molecule has 0 aliphatic rings.